The molecular formula is C30H44N4O6. The van der Waals surface area contributed by atoms with Crippen molar-refractivity contribution in [1.29, 1.82) is 0 Å². The van der Waals surface area contributed by atoms with E-state index < -0.39 is 35.1 Å². The monoisotopic (exact) mass is 556 g/mol. The number of anilines is 1. The van der Waals surface area contributed by atoms with Crippen LogP contribution in [0.2, 0.25) is 0 Å². The second-order valence-electron chi connectivity index (χ2n) is 11.8. The summed E-state index contributed by atoms with van der Waals surface area (Å²) >= 11 is 0. The van der Waals surface area contributed by atoms with E-state index >= 15 is 0 Å². The van der Waals surface area contributed by atoms with Gasteiger partial charge in [0, 0.05) is 31.9 Å². The largest absolute Gasteiger partial charge is 0.394 e. The average molecular weight is 557 g/mol. The normalized spacial score (nSPS) is 33.0. The summed E-state index contributed by atoms with van der Waals surface area (Å²) in [6.07, 6.45) is 2.41. The molecule has 40 heavy (non-hydrogen) atoms. The zero-order valence-electron chi connectivity index (χ0n) is 23.9. The van der Waals surface area contributed by atoms with E-state index in [1.165, 1.54) is 0 Å². The molecule has 0 radical (unpaired) electrons. The molecule has 1 aromatic rings. The first-order valence-corrected chi connectivity index (χ1v) is 14.9. The van der Waals surface area contributed by atoms with Crippen LogP contribution in [0.15, 0.2) is 30.3 Å². The summed E-state index contributed by atoms with van der Waals surface area (Å²) in [7, 11) is 0. The molecule has 10 nitrogen and oxygen atoms in total. The maximum atomic E-state index is 14.4. The molecule has 3 N–H and O–H groups in total. The number of rotatable bonds is 11. The number of amides is 3. The SMILES string of the molecule is CC[C@H](C)[C@H](CO)N1C(=O)[C@@H]2[C@H](C(=O)Nc3ccccc3)[C@]3(CC)CCC2(O3)C1C(=O)NCCN1CCOCC1. The number of fused-ring (bicyclic) bond motifs is 1. The van der Waals surface area contributed by atoms with Crippen LogP contribution >= 0.6 is 0 Å². The lowest BCUT2D eigenvalue weighted by molar-refractivity contribution is -0.151. The summed E-state index contributed by atoms with van der Waals surface area (Å²) in [4.78, 5) is 46.2. The van der Waals surface area contributed by atoms with Crippen LogP contribution in [0.25, 0.3) is 0 Å². The summed E-state index contributed by atoms with van der Waals surface area (Å²) in [5, 5.41) is 16.6. The summed E-state index contributed by atoms with van der Waals surface area (Å²) < 4.78 is 12.3. The van der Waals surface area contributed by atoms with Crippen molar-refractivity contribution in [1.82, 2.24) is 15.1 Å². The highest BCUT2D eigenvalue weighted by molar-refractivity contribution is 6.02. The molecule has 1 aromatic carbocycles. The number of likely N-dealkylation sites (tertiary alicyclic amines) is 1. The van der Waals surface area contributed by atoms with E-state index in [-0.39, 0.29) is 30.2 Å². The summed E-state index contributed by atoms with van der Waals surface area (Å²) in [5.41, 5.74) is -1.28. The van der Waals surface area contributed by atoms with Crippen molar-refractivity contribution >= 4 is 23.4 Å². The standard InChI is InChI=1S/C30H44N4O6/c1-4-20(3)22(19-35)34-25(27(37)31-13-14-33-15-17-39-18-16-33)30-12-11-29(5-2,40-30)23(24(30)28(34)38)26(36)32-21-9-7-6-8-10-21/h6-10,20,22-25,35H,4-5,11-19H2,1-3H3,(H,31,37)(H,32,36)/t20-,22-,23+,24-,25?,29-,30?/m0/s1. The molecule has 10 heteroatoms. The predicted molar refractivity (Wildman–Crippen MR) is 149 cm³/mol. The van der Waals surface area contributed by atoms with E-state index in [2.05, 4.69) is 15.5 Å². The second-order valence-corrected chi connectivity index (χ2v) is 11.8. The number of aliphatic hydroxyl groups excluding tert-OH is 1. The van der Waals surface area contributed by atoms with Crippen LogP contribution in [-0.4, -0.2) is 102 Å². The minimum absolute atomic E-state index is 0.0400. The molecule has 220 valence electrons. The van der Waals surface area contributed by atoms with E-state index in [1.54, 1.807) is 4.90 Å². The number of benzene rings is 1. The highest BCUT2D eigenvalue weighted by atomic mass is 16.5. The molecule has 0 aliphatic carbocycles. The highest BCUT2D eigenvalue weighted by Crippen LogP contribution is 2.64. The number of nitrogens with one attached hydrogen (secondary N) is 2. The number of hydrogen-bond acceptors (Lipinski definition) is 7. The quantitative estimate of drug-likeness (QED) is 0.379. The van der Waals surface area contributed by atoms with Gasteiger partial charge in [0.2, 0.25) is 17.7 Å². The number of nitrogens with zero attached hydrogens (tertiary/aromatic N) is 2. The first-order chi connectivity index (χ1) is 19.3. The van der Waals surface area contributed by atoms with Crippen LogP contribution < -0.4 is 10.6 Å². The number of carbonyl (C=O) groups is 3. The Morgan fingerprint density at radius 2 is 1.85 bits per heavy atom. The molecule has 4 saturated heterocycles. The smallest absolute Gasteiger partial charge is 0.245 e. The Hall–Kier alpha value is -2.53. The van der Waals surface area contributed by atoms with E-state index in [0.29, 0.717) is 51.3 Å². The number of ether oxygens (including phenoxy) is 2. The number of aliphatic hydroxyl groups is 1. The van der Waals surface area contributed by atoms with Crippen molar-refractivity contribution in [3.8, 4) is 0 Å². The van der Waals surface area contributed by atoms with Gasteiger partial charge in [-0.2, -0.15) is 0 Å². The van der Waals surface area contributed by atoms with Gasteiger partial charge < -0.3 is 30.1 Å². The first kappa shape index (κ1) is 29.0. The molecule has 4 fully saturated rings. The summed E-state index contributed by atoms with van der Waals surface area (Å²) in [6, 6.07) is 7.75. The lowest BCUT2D eigenvalue weighted by atomic mass is 9.65. The van der Waals surface area contributed by atoms with Crippen molar-refractivity contribution in [2.45, 2.75) is 69.7 Å². The van der Waals surface area contributed by atoms with Gasteiger partial charge in [-0.05, 0) is 37.3 Å². The fourth-order valence-corrected chi connectivity index (χ4v) is 7.53. The van der Waals surface area contributed by atoms with Crippen molar-refractivity contribution in [3.05, 3.63) is 30.3 Å². The molecule has 7 atom stereocenters. The molecule has 4 heterocycles. The van der Waals surface area contributed by atoms with Gasteiger partial charge in [0.1, 0.15) is 11.6 Å². The molecule has 2 unspecified atom stereocenters. The zero-order chi connectivity index (χ0) is 28.5. The Labute approximate surface area is 236 Å². The molecule has 4 aliphatic rings. The molecule has 5 rings (SSSR count). The minimum atomic E-state index is -1.12. The zero-order valence-corrected chi connectivity index (χ0v) is 23.9. The van der Waals surface area contributed by atoms with Crippen LogP contribution in [0, 0.1) is 17.8 Å². The number of hydrogen-bond donors (Lipinski definition) is 3. The molecule has 0 saturated carbocycles. The van der Waals surface area contributed by atoms with E-state index in [0.717, 1.165) is 19.5 Å². The average Bonchev–Trinajstić information content (AvgIpc) is 3.58. The molecule has 3 amide bonds. The summed E-state index contributed by atoms with van der Waals surface area (Å²) in [6.45, 7) is 9.82. The van der Waals surface area contributed by atoms with Gasteiger partial charge in [-0.3, -0.25) is 19.3 Å². The lowest BCUT2D eigenvalue weighted by Gasteiger charge is -2.39. The van der Waals surface area contributed by atoms with Gasteiger partial charge in [0.15, 0.2) is 0 Å². The van der Waals surface area contributed by atoms with Crippen LogP contribution in [0.4, 0.5) is 5.69 Å². The Kier molecular flexibility index (Phi) is 8.52. The fraction of sp³-hybridized carbons (Fsp3) is 0.700. The predicted octanol–water partition coefficient (Wildman–Crippen LogP) is 1.64. The molecule has 4 aliphatic heterocycles. The van der Waals surface area contributed by atoms with Crippen LogP contribution in [0.5, 0.6) is 0 Å². The maximum absolute atomic E-state index is 14.4. The molecule has 2 bridgehead atoms. The molecule has 1 spiro atoms. The van der Waals surface area contributed by atoms with Crippen LogP contribution in [0.1, 0.15) is 46.5 Å². The van der Waals surface area contributed by atoms with Crippen molar-refractivity contribution in [2.24, 2.45) is 17.8 Å². The van der Waals surface area contributed by atoms with Crippen molar-refractivity contribution < 1.29 is 29.0 Å². The lowest BCUT2D eigenvalue weighted by Crippen LogP contribution is -2.59. The van der Waals surface area contributed by atoms with Gasteiger partial charge in [0.25, 0.3) is 0 Å². The van der Waals surface area contributed by atoms with Gasteiger partial charge >= 0.3 is 0 Å². The van der Waals surface area contributed by atoms with Crippen molar-refractivity contribution in [2.75, 3.05) is 51.3 Å². The third-order valence-electron chi connectivity index (χ3n) is 9.87. The number of morpholine rings is 1. The van der Waals surface area contributed by atoms with E-state index in [9.17, 15) is 19.5 Å². The first-order valence-electron chi connectivity index (χ1n) is 14.9. The molecule has 0 aromatic heterocycles. The number of carbonyl (C=O) groups excluding carboxylic acids is 3. The number of para-hydroxylation sites is 1. The van der Waals surface area contributed by atoms with Gasteiger partial charge in [-0.25, -0.2) is 0 Å². The van der Waals surface area contributed by atoms with Crippen molar-refractivity contribution in [3.63, 3.8) is 0 Å². The molecular weight excluding hydrogens is 512 g/mol. The van der Waals surface area contributed by atoms with E-state index in [1.807, 2.05) is 51.1 Å². The summed E-state index contributed by atoms with van der Waals surface area (Å²) in [5.74, 6) is -2.37. The Balaban J connectivity index is 1.47. The van der Waals surface area contributed by atoms with Gasteiger partial charge in [-0.1, -0.05) is 45.4 Å². The minimum Gasteiger partial charge on any atom is -0.394 e. The van der Waals surface area contributed by atoms with Crippen LogP contribution in [-0.2, 0) is 23.9 Å². The third kappa shape index (κ3) is 4.82. The van der Waals surface area contributed by atoms with Gasteiger partial charge in [-0.15, -0.1) is 0 Å². The topological polar surface area (TPSA) is 120 Å². The second kappa shape index (κ2) is 11.8. The Bertz CT molecular complexity index is 1080. The Morgan fingerprint density at radius 1 is 1.12 bits per heavy atom. The highest BCUT2D eigenvalue weighted by Gasteiger charge is 2.79. The van der Waals surface area contributed by atoms with Crippen LogP contribution in [0.3, 0.4) is 0 Å². The third-order valence-corrected chi connectivity index (χ3v) is 9.87. The fourth-order valence-electron chi connectivity index (χ4n) is 7.53. The maximum Gasteiger partial charge on any atom is 0.245 e. The Morgan fingerprint density at radius 3 is 2.50 bits per heavy atom. The van der Waals surface area contributed by atoms with Gasteiger partial charge in [0.05, 0.1) is 43.3 Å². The van der Waals surface area contributed by atoms with E-state index in [4.69, 9.17) is 9.47 Å².